The summed E-state index contributed by atoms with van der Waals surface area (Å²) in [5, 5.41) is 20.4. The van der Waals surface area contributed by atoms with E-state index >= 15 is 0 Å². The normalized spacial score (nSPS) is 39.5. The lowest BCUT2D eigenvalue weighted by Gasteiger charge is -2.46. The molecule has 0 aliphatic carbocycles. The van der Waals surface area contributed by atoms with E-state index < -0.39 is 30.7 Å². The molecule has 2 heterocycles. The van der Waals surface area contributed by atoms with Crippen molar-refractivity contribution in [1.29, 1.82) is 0 Å². The summed E-state index contributed by atoms with van der Waals surface area (Å²) in [4.78, 5) is 0. The van der Waals surface area contributed by atoms with E-state index in [0.29, 0.717) is 13.0 Å². The first-order valence-corrected chi connectivity index (χ1v) is 7.15. The zero-order chi connectivity index (χ0) is 14.8. The van der Waals surface area contributed by atoms with Crippen LogP contribution in [0.2, 0.25) is 0 Å². The van der Waals surface area contributed by atoms with Gasteiger partial charge in [-0.25, -0.2) is 0 Å². The first-order chi connectivity index (χ1) is 10.2. The fraction of sp³-hybridized carbons (Fsp3) is 0.500. The lowest BCUT2D eigenvalue weighted by atomic mass is 9.93. The van der Waals surface area contributed by atoms with Crippen LogP contribution in [0.5, 0.6) is 0 Å². The van der Waals surface area contributed by atoms with Crippen LogP contribution < -0.4 is 0 Å². The molecule has 6 atom stereocenters. The summed E-state index contributed by atoms with van der Waals surface area (Å²) in [7, 11) is 0. The Bertz CT molecular complexity index is 475. The Balaban J connectivity index is 1.73. The van der Waals surface area contributed by atoms with Crippen LogP contribution in [0.15, 0.2) is 43.0 Å². The van der Waals surface area contributed by atoms with Gasteiger partial charge >= 0.3 is 0 Å². The van der Waals surface area contributed by atoms with E-state index in [1.807, 2.05) is 30.3 Å². The van der Waals surface area contributed by atoms with Crippen LogP contribution in [-0.4, -0.2) is 47.3 Å². The summed E-state index contributed by atoms with van der Waals surface area (Å²) < 4.78 is 17.2. The van der Waals surface area contributed by atoms with Crippen LogP contribution in [0.4, 0.5) is 0 Å². The quantitative estimate of drug-likeness (QED) is 0.819. The second-order valence-electron chi connectivity index (χ2n) is 5.40. The molecule has 2 aliphatic rings. The molecule has 2 saturated heterocycles. The molecule has 0 saturated carbocycles. The van der Waals surface area contributed by atoms with Crippen molar-refractivity contribution in [2.75, 3.05) is 6.61 Å². The summed E-state index contributed by atoms with van der Waals surface area (Å²) >= 11 is 0. The van der Waals surface area contributed by atoms with Gasteiger partial charge in [0.15, 0.2) is 6.29 Å². The van der Waals surface area contributed by atoms with Crippen molar-refractivity contribution in [3.05, 3.63) is 48.6 Å². The van der Waals surface area contributed by atoms with Crippen molar-refractivity contribution < 1.29 is 24.4 Å². The fourth-order valence-corrected chi connectivity index (χ4v) is 2.83. The molecule has 2 aliphatic heterocycles. The van der Waals surface area contributed by atoms with Crippen molar-refractivity contribution in [3.63, 3.8) is 0 Å². The molecule has 0 spiro atoms. The van der Waals surface area contributed by atoms with Crippen LogP contribution in [0.25, 0.3) is 0 Å². The van der Waals surface area contributed by atoms with Crippen molar-refractivity contribution in [2.24, 2.45) is 0 Å². The Kier molecular flexibility index (Phi) is 4.37. The maximum atomic E-state index is 10.3. The zero-order valence-corrected chi connectivity index (χ0v) is 11.7. The zero-order valence-electron chi connectivity index (χ0n) is 11.7. The average Bonchev–Trinajstić information content (AvgIpc) is 2.53. The van der Waals surface area contributed by atoms with E-state index in [4.69, 9.17) is 14.2 Å². The standard InChI is InChI=1S/C16H20O5/c1-2-6-11-13(17)14(18)15-12(20-11)9-19-16(21-15)10-7-4-3-5-8-10/h2-5,7-8,11-18H,1,6,9H2/t11?,12-,13+,14-,15-,16-/m1/s1. The molecule has 5 heteroatoms. The van der Waals surface area contributed by atoms with Crippen LogP contribution in [0, 0.1) is 0 Å². The maximum absolute atomic E-state index is 10.3. The summed E-state index contributed by atoms with van der Waals surface area (Å²) in [5.74, 6) is 0. The summed E-state index contributed by atoms with van der Waals surface area (Å²) in [6.45, 7) is 3.96. The predicted molar refractivity (Wildman–Crippen MR) is 75.5 cm³/mol. The van der Waals surface area contributed by atoms with Gasteiger partial charge in [0.05, 0.1) is 12.7 Å². The lowest BCUT2D eigenvalue weighted by Crippen LogP contribution is -2.61. The minimum absolute atomic E-state index is 0.321. The predicted octanol–water partition coefficient (Wildman–Crippen LogP) is 1.17. The highest BCUT2D eigenvalue weighted by molar-refractivity contribution is 5.16. The third-order valence-corrected chi connectivity index (χ3v) is 3.95. The second-order valence-corrected chi connectivity index (χ2v) is 5.40. The van der Waals surface area contributed by atoms with Gasteiger partial charge in [0.1, 0.15) is 24.4 Å². The molecule has 0 radical (unpaired) electrons. The van der Waals surface area contributed by atoms with Gasteiger partial charge < -0.3 is 24.4 Å². The Morgan fingerprint density at radius 2 is 1.90 bits per heavy atom. The summed E-state index contributed by atoms with van der Waals surface area (Å²) in [6.07, 6.45) is -1.84. The minimum Gasteiger partial charge on any atom is -0.388 e. The molecule has 0 bridgehead atoms. The van der Waals surface area contributed by atoms with Gasteiger partial charge in [0, 0.05) is 5.56 Å². The van der Waals surface area contributed by atoms with Gasteiger partial charge in [0.25, 0.3) is 0 Å². The molecule has 2 N–H and O–H groups in total. The first-order valence-electron chi connectivity index (χ1n) is 7.15. The summed E-state index contributed by atoms with van der Waals surface area (Å²) in [5.41, 5.74) is 0.880. The summed E-state index contributed by atoms with van der Waals surface area (Å²) in [6, 6.07) is 9.52. The van der Waals surface area contributed by atoms with Crippen molar-refractivity contribution in [3.8, 4) is 0 Å². The minimum atomic E-state index is -0.996. The highest BCUT2D eigenvalue weighted by Gasteiger charge is 2.48. The number of hydrogen-bond donors (Lipinski definition) is 2. The van der Waals surface area contributed by atoms with E-state index in [-0.39, 0.29) is 6.10 Å². The molecule has 0 aromatic heterocycles. The number of aliphatic hydroxyl groups excluding tert-OH is 2. The lowest BCUT2D eigenvalue weighted by molar-refractivity contribution is -0.327. The Labute approximate surface area is 123 Å². The molecule has 114 valence electrons. The molecular weight excluding hydrogens is 272 g/mol. The van der Waals surface area contributed by atoms with Crippen LogP contribution in [-0.2, 0) is 14.2 Å². The number of benzene rings is 1. The number of ether oxygens (including phenoxy) is 3. The van der Waals surface area contributed by atoms with Crippen molar-refractivity contribution >= 4 is 0 Å². The molecule has 5 nitrogen and oxygen atoms in total. The van der Waals surface area contributed by atoms with E-state index in [1.165, 1.54) is 0 Å². The van der Waals surface area contributed by atoms with Crippen molar-refractivity contribution in [1.82, 2.24) is 0 Å². The molecule has 3 rings (SSSR count). The SMILES string of the molecule is C=CCC1O[C@@H]2CO[C@@H](c3ccccc3)O[C@H]2[C@H](O)[C@H]1O. The number of fused-ring (bicyclic) bond motifs is 1. The average molecular weight is 292 g/mol. The van der Waals surface area contributed by atoms with Gasteiger partial charge in [-0.3, -0.25) is 0 Å². The molecule has 1 aromatic rings. The monoisotopic (exact) mass is 292 g/mol. The fourth-order valence-electron chi connectivity index (χ4n) is 2.83. The van der Waals surface area contributed by atoms with Crippen LogP contribution >= 0.6 is 0 Å². The van der Waals surface area contributed by atoms with Gasteiger partial charge in [-0.2, -0.15) is 0 Å². The van der Waals surface area contributed by atoms with E-state index in [2.05, 4.69) is 6.58 Å². The van der Waals surface area contributed by atoms with E-state index in [0.717, 1.165) is 5.56 Å². The topological polar surface area (TPSA) is 68.2 Å². The van der Waals surface area contributed by atoms with Gasteiger partial charge in [-0.05, 0) is 6.42 Å². The van der Waals surface area contributed by atoms with Crippen molar-refractivity contribution in [2.45, 2.75) is 43.2 Å². The number of aliphatic hydroxyl groups is 2. The highest BCUT2D eigenvalue weighted by Crippen LogP contribution is 2.34. The number of rotatable bonds is 3. The Hall–Kier alpha value is -1.24. The van der Waals surface area contributed by atoms with Crippen LogP contribution in [0.3, 0.4) is 0 Å². The Morgan fingerprint density at radius 3 is 2.62 bits per heavy atom. The molecule has 1 unspecified atom stereocenters. The molecule has 2 fully saturated rings. The molecule has 0 amide bonds. The molecule has 1 aromatic carbocycles. The van der Waals surface area contributed by atoms with Gasteiger partial charge in [0.2, 0.25) is 0 Å². The first kappa shape index (κ1) is 14.7. The smallest absolute Gasteiger partial charge is 0.184 e. The van der Waals surface area contributed by atoms with E-state index in [1.54, 1.807) is 6.08 Å². The largest absolute Gasteiger partial charge is 0.388 e. The third kappa shape index (κ3) is 2.88. The highest BCUT2D eigenvalue weighted by atomic mass is 16.7. The van der Waals surface area contributed by atoms with Gasteiger partial charge in [-0.15, -0.1) is 6.58 Å². The third-order valence-electron chi connectivity index (χ3n) is 3.95. The molecular formula is C16H20O5. The van der Waals surface area contributed by atoms with Crippen LogP contribution in [0.1, 0.15) is 18.3 Å². The van der Waals surface area contributed by atoms with Gasteiger partial charge in [-0.1, -0.05) is 36.4 Å². The molecule has 21 heavy (non-hydrogen) atoms. The number of hydrogen-bond acceptors (Lipinski definition) is 5. The Morgan fingerprint density at radius 1 is 1.14 bits per heavy atom. The maximum Gasteiger partial charge on any atom is 0.184 e. The second kappa shape index (κ2) is 6.25. The van der Waals surface area contributed by atoms with E-state index in [9.17, 15) is 10.2 Å².